The Morgan fingerprint density at radius 3 is 2.40 bits per heavy atom. The standard InChI is InChI=1S/C40H50N2O6/c1-39(2)20-33-21-40(3,25-39)26-42(33)23-34-19-35(29-15-13-27(24-43)14-16-29)48-38(47-34)32-10-5-9-31(18-32)30-8-4-7-28(17-30)22-41-36(44)11-6-12-37(45)46/h4-5,7-10,13-18,33-35,38,43H,6,11-12,19-26H2,1-3H3,(H,41,44)(H,45,46). The van der Waals surface area contributed by atoms with Crippen LogP contribution in [-0.2, 0) is 32.2 Å². The van der Waals surface area contributed by atoms with Gasteiger partial charge in [-0.2, -0.15) is 0 Å². The summed E-state index contributed by atoms with van der Waals surface area (Å²) in [5.74, 6) is -1.04. The van der Waals surface area contributed by atoms with Crippen LogP contribution in [0, 0.1) is 10.8 Å². The molecule has 2 saturated heterocycles. The second-order valence-corrected chi connectivity index (χ2v) is 15.3. The normalized spacial score (nSPS) is 26.7. The molecular formula is C40H50N2O6. The Morgan fingerprint density at radius 1 is 0.896 bits per heavy atom. The molecule has 3 aromatic carbocycles. The van der Waals surface area contributed by atoms with Gasteiger partial charge in [0.05, 0.1) is 18.8 Å². The summed E-state index contributed by atoms with van der Waals surface area (Å²) in [7, 11) is 0. The SMILES string of the molecule is CC1(C)CC2CC(C)(CN2CC2CC(c3ccc(CO)cc3)OC(c3cccc(-c4cccc(CNC(=O)CCCC(=O)O)c4)c3)O2)C1. The topological polar surface area (TPSA) is 108 Å². The number of benzene rings is 3. The van der Waals surface area contributed by atoms with Gasteiger partial charge in [0.1, 0.15) is 0 Å². The Kier molecular flexibility index (Phi) is 10.4. The molecule has 3 N–H and O–H groups in total. The summed E-state index contributed by atoms with van der Waals surface area (Å²) in [6.45, 7) is 9.66. The molecule has 8 heteroatoms. The number of hydrogen-bond donors (Lipinski definition) is 3. The third kappa shape index (κ3) is 8.53. The highest BCUT2D eigenvalue weighted by atomic mass is 16.7. The zero-order valence-electron chi connectivity index (χ0n) is 28.5. The Balaban J connectivity index is 1.19. The van der Waals surface area contributed by atoms with E-state index >= 15 is 0 Å². The van der Waals surface area contributed by atoms with Crippen LogP contribution in [0.25, 0.3) is 11.1 Å². The number of hydrogen-bond acceptors (Lipinski definition) is 6. The number of aliphatic hydroxyl groups is 1. The molecule has 1 aliphatic carbocycles. The van der Waals surface area contributed by atoms with E-state index in [1.165, 1.54) is 19.3 Å². The van der Waals surface area contributed by atoms with Gasteiger partial charge in [0.2, 0.25) is 5.91 Å². The number of ether oxygens (including phenoxy) is 2. The number of rotatable bonds is 12. The van der Waals surface area contributed by atoms with E-state index in [0.717, 1.165) is 52.9 Å². The average Bonchev–Trinajstić information content (AvgIpc) is 3.30. The Labute approximate surface area is 284 Å². The molecule has 0 radical (unpaired) electrons. The minimum atomic E-state index is -0.892. The number of amides is 1. The van der Waals surface area contributed by atoms with Crippen molar-refractivity contribution in [3.63, 3.8) is 0 Å². The highest BCUT2D eigenvalue weighted by Gasteiger charge is 2.50. The molecule has 2 bridgehead atoms. The minimum Gasteiger partial charge on any atom is -0.481 e. The number of carboxylic acid groups (broad SMARTS) is 1. The second kappa shape index (κ2) is 14.5. The van der Waals surface area contributed by atoms with E-state index in [1.807, 2.05) is 30.3 Å². The van der Waals surface area contributed by atoms with Crippen LogP contribution in [0.15, 0.2) is 72.8 Å². The van der Waals surface area contributed by atoms with E-state index in [2.05, 4.69) is 73.5 Å². The van der Waals surface area contributed by atoms with Gasteiger partial charge in [0, 0.05) is 50.5 Å². The lowest BCUT2D eigenvalue weighted by atomic mass is 9.65. The minimum absolute atomic E-state index is 0.00317. The molecule has 5 atom stereocenters. The van der Waals surface area contributed by atoms with Gasteiger partial charge in [-0.1, -0.05) is 81.4 Å². The van der Waals surface area contributed by atoms with Crippen LogP contribution in [0.4, 0.5) is 0 Å². The number of nitrogens with one attached hydrogen (secondary N) is 1. The van der Waals surface area contributed by atoms with Crippen LogP contribution >= 0.6 is 0 Å². The smallest absolute Gasteiger partial charge is 0.303 e. The molecule has 0 aromatic heterocycles. The fourth-order valence-electron chi connectivity index (χ4n) is 8.50. The van der Waals surface area contributed by atoms with Crippen LogP contribution in [0.1, 0.15) is 100 Å². The summed E-state index contributed by atoms with van der Waals surface area (Å²) >= 11 is 0. The molecule has 1 amide bonds. The second-order valence-electron chi connectivity index (χ2n) is 15.3. The van der Waals surface area contributed by atoms with Crippen LogP contribution < -0.4 is 5.32 Å². The third-order valence-electron chi connectivity index (χ3n) is 10.3. The van der Waals surface area contributed by atoms with Crippen molar-refractivity contribution in [3.05, 3.63) is 95.1 Å². The highest BCUT2D eigenvalue weighted by Crippen LogP contribution is 2.53. The largest absolute Gasteiger partial charge is 0.481 e. The van der Waals surface area contributed by atoms with Crippen molar-refractivity contribution in [2.75, 3.05) is 13.1 Å². The molecule has 2 heterocycles. The fourth-order valence-corrected chi connectivity index (χ4v) is 8.50. The number of carboxylic acids is 1. The lowest BCUT2D eigenvalue weighted by Crippen LogP contribution is -2.42. The summed E-state index contributed by atoms with van der Waals surface area (Å²) in [5, 5.41) is 21.3. The number of likely N-dealkylation sites (tertiary alicyclic amines) is 1. The molecule has 0 spiro atoms. The van der Waals surface area contributed by atoms with Gasteiger partial charge in [-0.25, -0.2) is 0 Å². The van der Waals surface area contributed by atoms with Crippen molar-refractivity contribution < 1.29 is 29.3 Å². The van der Waals surface area contributed by atoms with E-state index in [-0.39, 0.29) is 37.6 Å². The number of carbonyl (C=O) groups excluding carboxylic acids is 1. The molecule has 6 rings (SSSR count). The van der Waals surface area contributed by atoms with E-state index < -0.39 is 12.3 Å². The first kappa shape index (κ1) is 34.3. The highest BCUT2D eigenvalue weighted by molar-refractivity contribution is 5.76. The monoisotopic (exact) mass is 654 g/mol. The summed E-state index contributed by atoms with van der Waals surface area (Å²) in [5.41, 5.74) is 6.66. The Hall–Kier alpha value is -3.56. The van der Waals surface area contributed by atoms with Crippen molar-refractivity contribution in [3.8, 4) is 11.1 Å². The summed E-state index contributed by atoms with van der Waals surface area (Å²) in [6, 6.07) is 25.0. The third-order valence-corrected chi connectivity index (χ3v) is 10.3. The number of aliphatic hydroxyl groups excluding tert-OH is 1. The maximum atomic E-state index is 12.2. The zero-order valence-corrected chi connectivity index (χ0v) is 28.5. The first-order chi connectivity index (χ1) is 23.0. The van der Waals surface area contributed by atoms with E-state index in [9.17, 15) is 14.7 Å². The average molecular weight is 655 g/mol. The maximum absolute atomic E-state index is 12.2. The fraction of sp³-hybridized carbons (Fsp3) is 0.500. The first-order valence-corrected chi connectivity index (χ1v) is 17.4. The van der Waals surface area contributed by atoms with Crippen molar-refractivity contribution in [2.45, 2.75) is 103 Å². The summed E-state index contributed by atoms with van der Waals surface area (Å²) in [6.07, 6.45) is 4.34. The predicted octanol–water partition coefficient (Wildman–Crippen LogP) is 7.16. The lowest BCUT2D eigenvalue weighted by molar-refractivity contribution is -0.253. The molecule has 3 aliphatic rings. The molecular weight excluding hydrogens is 604 g/mol. The van der Waals surface area contributed by atoms with Gasteiger partial charge in [-0.05, 0) is 76.5 Å². The van der Waals surface area contributed by atoms with Gasteiger partial charge in [-0.15, -0.1) is 0 Å². The quantitative estimate of drug-likeness (QED) is 0.190. The first-order valence-electron chi connectivity index (χ1n) is 17.4. The van der Waals surface area contributed by atoms with Crippen molar-refractivity contribution >= 4 is 11.9 Å². The molecule has 3 aromatic rings. The lowest BCUT2D eigenvalue weighted by Gasteiger charge is -2.41. The number of carbonyl (C=O) groups is 2. The number of nitrogens with zero attached hydrogens (tertiary/aromatic N) is 1. The van der Waals surface area contributed by atoms with Gasteiger partial charge in [0.15, 0.2) is 6.29 Å². The van der Waals surface area contributed by atoms with Crippen LogP contribution in [-0.4, -0.2) is 52.2 Å². The molecule has 2 aliphatic heterocycles. The zero-order chi connectivity index (χ0) is 33.9. The van der Waals surface area contributed by atoms with Crippen molar-refractivity contribution in [1.82, 2.24) is 10.2 Å². The summed E-state index contributed by atoms with van der Waals surface area (Å²) in [4.78, 5) is 25.7. The van der Waals surface area contributed by atoms with Gasteiger partial charge in [-0.3, -0.25) is 14.5 Å². The van der Waals surface area contributed by atoms with E-state index in [0.29, 0.717) is 29.8 Å². The van der Waals surface area contributed by atoms with Crippen LogP contribution in [0.3, 0.4) is 0 Å². The van der Waals surface area contributed by atoms with E-state index in [1.54, 1.807) is 0 Å². The van der Waals surface area contributed by atoms with Crippen molar-refractivity contribution in [1.29, 1.82) is 0 Å². The molecule has 1 saturated carbocycles. The van der Waals surface area contributed by atoms with Crippen LogP contribution in [0.2, 0.25) is 0 Å². The molecule has 48 heavy (non-hydrogen) atoms. The number of aliphatic carboxylic acids is 1. The molecule has 8 nitrogen and oxygen atoms in total. The maximum Gasteiger partial charge on any atom is 0.303 e. The summed E-state index contributed by atoms with van der Waals surface area (Å²) < 4.78 is 13.5. The molecule has 5 unspecified atom stereocenters. The van der Waals surface area contributed by atoms with Crippen LogP contribution in [0.5, 0.6) is 0 Å². The van der Waals surface area contributed by atoms with E-state index in [4.69, 9.17) is 14.6 Å². The predicted molar refractivity (Wildman–Crippen MR) is 185 cm³/mol. The van der Waals surface area contributed by atoms with Gasteiger partial charge in [0.25, 0.3) is 0 Å². The number of fused-ring (bicyclic) bond motifs is 2. The van der Waals surface area contributed by atoms with Gasteiger partial charge < -0.3 is 25.0 Å². The van der Waals surface area contributed by atoms with Gasteiger partial charge >= 0.3 is 5.97 Å². The molecule has 3 fully saturated rings. The van der Waals surface area contributed by atoms with Crippen molar-refractivity contribution in [2.24, 2.45) is 10.8 Å². The Morgan fingerprint density at radius 2 is 1.65 bits per heavy atom. The Bertz CT molecular complexity index is 1590. The molecule has 256 valence electrons.